The molecule has 0 radical (unpaired) electrons. The van der Waals surface area contributed by atoms with Crippen molar-refractivity contribution in [3.05, 3.63) is 58.1 Å². The number of benzene rings is 2. The molecule has 2 aromatic carbocycles. The van der Waals surface area contributed by atoms with Crippen molar-refractivity contribution < 1.29 is 32.3 Å². The maximum Gasteiger partial charge on any atom is 0.417 e. The molecule has 1 aliphatic rings. The van der Waals surface area contributed by atoms with Crippen LogP contribution in [0.2, 0.25) is 18.1 Å². The third kappa shape index (κ3) is 6.40. The number of carboxylic acids is 1. The molecule has 10 heteroatoms. The first kappa shape index (κ1) is 29.7. The third-order valence-electron chi connectivity index (χ3n) is 7.77. The number of hydrogen-bond acceptors (Lipinski definition) is 4. The first-order valence-electron chi connectivity index (χ1n) is 12.7. The van der Waals surface area contributed by atoms with Gasteiger partial charge >= 0.3 is 12.1 Å². The van der Waals surface area contributed by atoms with E-state index in [0.29, 0.717) is 24.3 Å². The summed E-state index contributed by atoms with van der Waals surface area (Å²) in [6, 6.07) is 6.54. The molecule has 1 heterocycles. The number of aryl methyl sites for hydroxylation is 1. The molecule has 38 heavy (non-hydrogen) atoms. The predicted molar refractivity (Wildman–Crippen MR) is 146 cm³/mol. The Balaban J connectivity index is 1.86. The summed E-state index contributed by atoms with van der Waals surface area (Å²) in [5.41, 5.74) is -0.0281. The van der Waals surface area contributed by atoms with Gasteiger partial charge in [-0.1, -0.05) is 26.8 Å². The lowest BCUT2D eigenvalue weighted by atomic mass is 10.0. The van der Waals surface area contributed by atoms with Crippen molar-refractivity contribution >= 4 is 31.6 Å². The minimum atomic E-state index is -4.73. The second-order valence-electron chi connectivity index (χ2n) is 11.5. The van der Waals surface area contributed by atoms with E-state index >= 15 is 0 Å². The van der Waals surface area contributed by atoms with E-state index in [1.807, 2.05) is 4.90 Å². The minimum absolute atomic E-state index is 0.0292. The summed E-state index contributed by atoms with van der Waals surface area (Å²) < 4.78 is 48.1. The number of alkyl halides is 3. The van der Waals surface area contributed by atoms with E-state index in [1.54, 1.807) is 6.92 Å². The zero-order valence-corrected chi connectivity index (χ0v) is 24.0. The fourth-order valence-corrected chi connectivity index (χ4v) is 5.86. The Hall–Kier alpha value is -2.85. The Labute approximate surface area is 223 Å². The highest BCUT2D eigenvalue weighted by Gasteiger charge is 2.40. The van der Waals surface area contributed by atoms with Crippen LogP contribution in [-0.2, 0) is 10.6 Å². The van der Waals surface area contributed by atoms with Crippen molar-refractivity contribution in [2.24, 2.45) is 0 Å². The van der Waals surface area contributed by atoms with E-state index in [-0.39, 0.29) is 28.0 Å². The molecule has 6 nitrogen and oxygen atoms in total. The van der Waals surface area contributed by atoms with Gasteiger partial charge in [0.1, 0.15) is 0 Å². The van der Waals surface area contributed by atoms with Gasteiger partial charge in [-0.3, -0.25) is 4.79 Å². The highest BCUT2D eigenvalue weighted by atomic mass is 28.4. The normalized spacial score (nSPS) is 15.5. The van der Waals surface area contributed by atoms with Crippen LogP contribution < -0.4 is 10.2 Å². The van der Waals surface area contributed by atoms with Gasteiger partial charge in [0.05, 0.1) is 16.7 Å². The number of carbonyl (C=O) groups excluding carboxylic acids is 1. The molecule has 2 N–H and O–H groups in total. The average Bonchev–Trinajstić information content (AvgIpc) is 2.80. The van der Waals surface area contributed by atoms with Crippen LogP contribution >= 0.6 is 0 Å². The number of hydrogen-bond donors (Lipinski definition) is 2. The number of piperidine rings is 1. The van der Waals surface area contributed by atoms with Gasteiger partial charge in [-0.15, -0.1) is 0 Å². The molecular formula is C28H37F3N2O4Si. The van der Waals surface area contributed by atoms with Crippen molar-refractivity contribution in [2.75, 3.05) is 23.3 Å². The Kier molecular flexibility index (Phi) is 8.38. The molecule has 1 fully saturated rings. The lowest BCUT2D eigenvalue weighted by Gasteiger charge is -2.42. The number of nitrogens with one attached hydrogen (secondary N) is 1. The number of carbonyl (C=O) groups is 2. The molecule has 0 saturated carbocycles. The summed E-state index contributed by atoms with van der Waals surface area (Å²) in [6.45, 7) is 15.3. The van der Waals surface area contributed by atoms with Gasteiger partial charge in [0.15, 0.2) is 8.32 Å². The molecule has 208 valence electrons. The molecule has 0 bridgehead atoms. The first-order chi connectivity index (χ1) is 17.4. The van der Waals surface area contributed by atoms with Crippen molar-refractivity contribution in [1.29, 1.82) is 0 Å². The molecule has 0 aromatic heterocycles. The maximum absolute atomic E-state index is 13.9. The SMILES string of the molecule is Cc1ccc(C(=O)O)c(C)c1NC(=O)c1cc(N2CCC(O[Si](C)(C)C(C)(C)C)CC2)ccc1C(F)(F)F. The summed E-state index contributed by atoms with van der Waals surface area (Å²) in [6.07, 6.45) is -3.15. The van der Waals surface area contributed by atoms with Crippen molar-refractivity contribution in [3.8, 4) is 0 Å². The van der Waals surface area contributed by atoms with Gasteiger partial charge in [-0.25, -0.2) is 4.79 Å². The van der Waals surface area contributed by atoms with Crippen LogP contribution in [0.4, 0.5) is 24.5 Å². The zero-order valence-electron chi connectivity index (χ0n) is 23.0. The van der Waals surface area contributed by atoms with E-state index in [2.05, 4.69) is 39.2 Å². The van der Waals surface area contributed by atoms with E-state index in [0.717, 1.165) is 18.9 Å². The zero-order chi connectivity index (χ0) is 28.6. The molecule has 0 aliphatic carbocycles. The first-order valence-corrected chi connectivity index (χ1v) is 15.6. The average molecular weight is 551 g/mol. The summed E-state index contributed by atoms with van der Waals surface area (Å²) >= 11 is 0. The van der Waals surface area contributed by atoms with E-state index < -0.39 is 37.5 Å². The molecule has 0 atom stereocenters. The monoisotopic (exact) mass is 550 g/mol. The van der Waals surface area contributed by atoms with Crippen LogP contribution in [0.3, 0.4) is 0 Å². The third-order valence-corrected chi connectivity index (χ3v) is 12.3. The standard InChI is InChI=1S/C28H37F3N2O4Si/c1-17-8-10-21(26(35)36)18(2)24(17)32-25(34)22-16-19(9-11-23(22)28(29,30)31)33-14-12-20(13-15-33)37-38(6,7)27(3,4)5/h8-11,16,20H,12-15H2,1-7H3,(H,32,34)(H,35,36). The summed E-state index contributed by atoms with van der Waals surface area (Å²) in [5, 5.41) is 12.0. The largest absolute Gasteiger partial charge is 0.478 e. The number of anilines is 2. The lowest BCUT2D eigenvalue weighted by Crippen LogP contribution is -2.47. The summed E-state index contributed by atoms with van der Waals surface area (Å²) in [5.74, 6) is -2.12. The molecule has 1 amide bonds. The maximum atomic E-state index is 13.9. The van der Waals surface area contributed by atoms with Gasteiger partial charge < -0.3 is 19.7 Å². The van der Waals surface area contributed by atoms with Crippen LogP contribution in [0.25, 0.3) is 0 Å². The highest BCUT2D eigenvalue weighted by Crippen LogP contribution is 2.39. The number of carboxylic acid groups (broad SMARTS) is 1. The van der Waals surface area contributed by atoms with Crippen LogP contribution in [0.1, 0.15) is 71.0 Å². The Morgan fingerprint density at radius 2 is 1.63 bits per heavy atom. The number of halogens is 3. The van der Waals surface area contributed by atoms with E-state index in [9.17, 15) is 27.9 Å². The second kappa shape index (κ2) is 10.7. The second-order valence-corrected chi connectivity index (χ2v) is 16.2. The van der Waals surface area contributed by atoms with Gasteiger partial charge in [0.2, 0.25) is 0 Å². The topological polar surface area (TPSA) is 78.9 Å². The summed E-state index contributed by atoms with van der Waals surface area (Å²) in [7, 11) is -1.94. The molecule has 1 saturated heterocycles. The number of aromatic carboxylic acids is 1. The van der Waals surface area contributed by atoms with Crippen molar-refractivity contribution in [2.45, 2.75) is 77.9 Å². The molecule has 2 aromatic rings. The van der Waals surface area contributed by atoms with Crippen molar-refractivity contribution in [1.82, 2.24) is 0 Å². The van der Waals surface area contributed by atoms with E-state index in [1.165, 1.54) is 31.2 Å². The van der Waals surface area contributed by atoms with Crippen molar-refractivity contribution in [3.63, 3.8) is 0 Å². The quantitative estimate of drug-likeness (QED) is 0.370. The predicted octanol–water partition coefficient (Wildman–Crippen LogP) is 7.26. The Morgan fingerprint density at radius 1 is 1.03 bits per heavy atom. The molecule has 0 spiro atoms. The number of rotatable bonds is 6. The fourth-order valence-electron chi connectivity index (χ4n) is 4.44. The molecule has 0 unspecified atom stereocenters. The van der Waals surface area contributed by atoms with Gasteiger partial charge in [0, 0.05) is 30.6 Å². The Bertz CT molecular complexity index is 1210. The lowest BCUT2D eigenvalue weighted by molar-refractivity contribution is -0.137. The highest BCUT2D eigenvalue weighted by molar-refractivity contribution is 6.74. The van der Waals surface area contributed by atoms with E-state index in [4.69, 9.17) is 4.43 Å². The Morgan fingerprint density at radius 3 is 2.16 bits per heavy atom. The molecular weight excluding hydrogens is 513 g/mol. The molecule has 3 rings (SSSR count). The molecule has 1 aliphatic heterocycles. The number of nitrogens with zero attached hydrogens (tertiary/aromatic N) is 1. The van der Waals surface area contributed by atoms with Gasteiger partial charge in [0.25, 0.3) is 5.91 Å². The number of amides is 1. The fraction of sp³-hybridized carbons (Fsp3) is 0.500. The van der Waals surface area contributed by atoms with Crippen LogP contribution in [-0.4, -0.2) is 44.5 Å². The van der Waals surface area contributed by atoms with Crippen LogP contribution in [0.15, 0.2) is 30.3 Å². The smallest absolute Gasteiger partial charge is 0.417 e. The van der Waals surface area contributed by atoms with Gasteiger partial charge in [-0.05, 0) is 80.2 Å². The summed E-state index contributed by atoms with van der Waals surface area (Å²) in [4.78, 5) is 26.7. The van der Waals surface area contributed by atoms with Gasteiger partial charge in [-0.2, -0.15) is 13.2 Å². The van der Waals surface area contributed by atoms with Crippen LogP contribution in [0, 0.1) is 13.8 Å². The van der Waals surface area contributed by atoms with Crippen LogP contribution in [0.5, 0.6) is 0 Å². The minimum Gasteiger partial charge on any atom is -0.478 e.